The lowest BCUT2D eigenvalue weighted by Crippen LogP contribution is -2.39. The van der Waals surface area contributed by atoms with Crippen LogP contribution in [0.25, 0.3) is 0 Å². The van der Waals surface area contributed by atoms with E-state index in [1.54, 1.807) is 11.0 Å². The Morgan fingerprint density at radius 1 is 1.30 bits per heavy atom. The Balaban J connectivity index is 2.90. The van der Waals surface area contributed by atoms with Gasteiger partial charge in [-0.2, -0.15) is 0 Å². The molecule has 0 aliphatic carbocycles. The second-order valence-electron chi connectivity index (χ2n) is 5.57. The molecule has 0 spiro atoms. The van der Waals surface area contributed by atoms with E-state index >= 15 is 0 Å². The summed E-state index contributed by atoms with van der Waals surface area (Å²) in [6.45, 7) is 6.08. The average molecular weight is 345 g/mol. The van der Waals surface area contributed by atoms with Gasteiger partial charge < -0.3 is 9.80 Å². The molecular formula is C15H22BrFN2O. The largest absolute Gasteiger partial charge is 0.337 e. The zero-order valence-corrected chi connectivity index (χ0v) is 14.1. The molecule has 0 heterocycles. The maximum atomic E-state index is 13.9. The first-order valence-corrected chi connectivity index (χ1v) is 7.49. The number of benzene rings is 1. The van der Waals surface area contributed by atoms with E-state index in [-0.39, 0.29) is 11.5 Å². The van der Waals surface area contributed by atoms with Crippen LogP contribution in [0.4, 0.5) is 4.39 Å². The van der Waals surface area contributed by atoms with Gasteiger partial charge in [-0.25, -0.2) is 4.39 Å². The average Bonchev–Trinajstić information content (AvgIpc) is 2.33. The Bertz CT molecular complexity index is 463. The first-order valence-electron chi connectivity index (χ1n) is 6.70. The number of halogens is 2. The number of amides is 1. The van der Waals surface area contributed by atoms with Crippen LogP contribution in [-0.2, 0) is 0 Å². The third-order valence-electron chi connectivity index (χ3n) is 2.85. The molecule has 0 saturated carbocycles. The quantitative estimate of drug-likeness (QED) is 0.790. The van der Waals surface area contributed by atoms with Gasteiger partial charge in [-0.05, 0) is 38.2 Å². The monoisotopic (exact) mass is 344 g/mol. The first kappa shape index (κ1) is 17.1. The minimum Gasteiger partial charge on any atom is -0.337 e. The van der Waals surface area contributed by atoms with E-state index in [0.717, 1.165) is 6.54 Å². The van der Waals surface area contributed by atoms with Crippen LogP contribution in [0.2, 0.25) is 0 Å². The highest BCUT2D eigenvalue weighted by Gasteiger charge is 2.20. The number of nitrogens with zero attached hydrogens (tertiary/aromatic N) is 2. The van der Waals surface area contributed by atoms with Crippen molar-refractivity contribution in [3.05, 3.63) is 34.1 Å². The zero-order valence-electron chi connectivity index (χ0n) is 12.5. The summed E-state index contributed by atoms with van der Waals surface area (Å²) >= 11 is 3.20. The van der Waals surface area contributed by atoms with E-state index in [1.807, 2.05) is 32.8 Å². The van der Waals surface area contributed by atoms with Gasteiger partial charge in [0.25, 0.3) is 5.91 Å². The van der Waals surface area contributed by atoms with Gasteiger partial charge in [-0.1, -0.05) is 29.8 Å². The summed E-state index contributed by atoms with van der Waals surface area (Å²) in [5, 5.41) is 0. The van der Waals surface area contributed by atoms with E-state index in [0.29, 0.717) is 23.5 Å². The Kier molecular flexibility index (Phi) is 6.62. The van der Waals surface area contributed by atoms with E-state index in [2.05, 4.69) is 15.9 Å². The van der Waals surface area contributed by atoms with Gasteiger partial charge >= 0.3 is 0 Å². The van der Waals surface area contributed by atoms with Crippen LogP contribution in [0.1, 0.15) is 24.2 Å². The molecule has 0 saturated heterocycles. The summed E-state index contributed by atoms with van der Waals surface area (Å²) < 4.78 is 14.5. The van der Waals surface area contributed by atoms with Crippen LogP contribution < -0.4 is 0 Å². The van der Waals surface area contributed by atoms with Crippen molar-refractivity contribution >= 4 is 21.8 Å². The molecule has 1 aromatic carbocycles. The third-order valence-corrected chi connectivity index (χ3v) is 3.34. The molecular weight excluding hydrogens is 323 g/mol. The number of likely N-dealkylation sites (N-methyl/N-ethyl adjacent to an activating group) is 1. The number of hydrogen-bond donors (Lipinski definition) is 0. The predicted octanol–water partition coefficient (Wildman–Crippen LogP) is 3.25. The summed E-state index contributed by atoms with van der Waals surface area (Å²) in [6, 6.07) is 4.55. The van der Waals surface area contributed by atoms with Crippen LogP contribution in [0.15, 0.2) is 22.7 Å². The van der Waals surface area contributed by atoms with Crippen molar-refractivity contribution in [2.75, 3.05) is 33.7 Å². The molecule has 0 bridgehead atoms. The van der Waals surface area contributed by atoms with Crippen molar-refractivity contribution in [3.63, 3.8) is 0 Å². The molecule has 0 aliphatic heterocycles. The van der Waals surface area contributed by atoms with E-state index in [1.165, 1.54) is 12.1 Å². The second kappa shape index (κ2) is 7.74. The van der Waals surface area contributed by atoms with Crippen molar-refractivity contribution in [2.24, 2.45) is 5.92 Å². The van der Waals surface area contributed by atoms with Crippen LogP contribution in [-0.4, -0.2) is 49.4 Å². The predicted molar refractivity (Wildman–Crippen MR) is 83.4 cm³/mol. The van der Waals surface area contributed by atoms with Gasteiger partial charge in [0.15, 0.2) is 0 Å². The lowest BCUT2D eigenvalue weighted by Gasteiger charge is -2.26. The standard InChI is InChI=1S/C15H22BrFN2O/c1-11(2)10-19(8-7-18(3)4)15(20)13-6-5-12(16)9-14(13)17/h5-6,9,11H,7-8,10H2,1-4H3. The Morgan fingerprint density at radius 3 is 2.45 bits per heavy atom. The summed E-state index contributed by atoms with van der Waals surface area (Å²) in [4.78, 5) is 16.2. The zero-order chi connectivity index (χ0) is 15.3. The van der Waals surface area contributed by atoms with Crippen LogP contribution in [0.5, 0.6) is 0 Å². The third kappa shape index (κ3) is 5.21. The van der Waals surface area contributed by atoms with E-state index in [9.17, 15) is 9.18 Å². The molecule has 3 nitrogen and oxygen atoms in total. The minimum absolute atomic E-state index is 0.132. The lowest BCUT2D eigenvalue weighted by atomic mass is 10.1. The molecule has 5 heteroatoms. The van der Waals surface area contributed by atoms with Gasteiger partial charge in [0.05, 0.1) is 5.56 Å². The fourth-order valence-corrected chi connectivity index (χ4v) is 2.20. The van der Waals surface area contributed by atoms with Gasteiger partial charge in [0.2, 0.25) is 0 Å². The van der Waals surface area contributed by atoms with Crippen LogP contribution in [0, 0.1) is 11.7 Å². The highest BCUT2D eigenvalue weighted by atomic mass is 79.9. The van der Waals surface area contributed by atoms with Crippen LogP contribution in [0.3, 0.4) is 0 Å². The fraction of sp³-hybridized carbons (Fsp3) is 0.533. The number of rotatable bonds is 6. The molecule has 0 N–H and O–H groups in total. The number of carbonyl (C=O) groups is 1. The lowest BCUT2D eigenvalue weighted by molar-refractivity contribution is 0.0720. The Hall–Kier alpha value is -0.940. The van der Waals surface area contributed by atoms with Crippen molar-refractivity contribution in [3.8, 4) is 0 Å². The van der Waals surface area contributed by atoms with Crippen LogP contribution >= 0.6 is 15.9 Å². The van der Waals surface area contributed by atoms with Crippen molar-refractivity contribution < 1.29 is 9.18 Å². The molecule has 1 rings (SSSR count). The molecule has 0 aliphatic rings. The van der Waals surface area contributed by atoms with Crippen molar-refractivity contribution in [2.45, 2.75) is 13.8 Å². The number of carbonyl (C=O) groups excluding carboxylic acids is 1. The molecule has 0 aromatic heterocycles. The summed E-state index contributed by atoms with van der Waals surface area (Å²) in [5.74, 6) is -0.381. The molecule has 1 amide bonds. The highest BCUT2D eigenvalue weighted by molar-refractivity contribution is 9.10. The summed E-state index contributed by atoms with van der Waals surface area (Å²) in [6.07, 6.45) is 0. The number of hydrogen-bond acceptors (Lipinski definition) is 2. The smallest absolute Gasteiger partial charge is 0.256 e. The molecule has 112 valence electrons. The second-order valence-corrected chi connectivity index (χ2v) is 6.49. The van der Waals surface area contributed by atoms with E-state index < -0.39 is 5.82 Å². The fourth-order valence-electron chi connectivity index (χ4n) is 1.87. The molecule has 0 atom stereocenters. The van der Waals surface area contributed by atoms with Gasteiger partial charge in [0, 0.05) is 24.1 Å². The van der Waals surface area contributed by atoms with Crippen molar-refractivity contribution in [1.82, 2.24) is 9.80 Å². The minimum atomic E-state index is -0.483. The maximum Gasteiger partial charge on any atom is 0.256 e. The van der Waals surface area contributed by atoms with Crippen molar-refractivity contribution in [1.29, 1.82) is 0 Å². The highest BCUT2D eigenvalue weighted by Crippen LogP contribution is 2.17. The van der Waals surface area contributed by atoms with Gasteiger partial charge in [-0.15, -0.1) is 0 Å². The molecule has 0 fully saturated rings. The van der Waals surface area contributed by atoms with E-state index in [4.69, 9.17) is 0 Å². The summed E-state index contributed by atoms with van der Waals surface area (Å²) in [7, 11) is 3.91. The SMILES string of the molecule is CC(C)CN(CCN(C)C)C(=O)c1ccc(Br)cc1F. The molecule has 20 heavy (non-hydrogen) atoms. The maximum absolute atomic E-state index is 13.9. The first-order chi connectivity index (χ1) is 9.31. The normalized spacial score (nSPS) is 11.2. The topological polar surface area (TPSA) is 23.6 Å². The summed E-state index contributed by atoms with van der Waals surface area (Å²) in [5.41, 5.74) is 0.132. The van der Waals surface area contributed by atoms with Gasteiger partial charge in [0.1, 0.15) is 5.82 Å². The Labute approximate surface area is 128 Å². The molecule has 1 aromatic rings. The molecule has 0 radical (unpaired) electrons. The van der Waals surface area contributed by atoms with Gasteiger partial charge in [-0.3, -0.25) is 4.79 Å². The Morgan fingerprint density at radius 2 is 1.95 bits per heavy atom. The molecule has 0 unspecified atom stereocenters.